The fourth-order valence-corrected chi connectivity index (χ4v) is 5.21. The van der Waals surface area contributed by atoms with Gasteiger partial charge in [0.1, 0.15) is 6.10 Å². The summed E-state index contributed by atoms with van der Waals surface area (Å²) < 4.78 is 6.21. The van der Waals surface area contributed by atoms with E-state index in [0.29, 0.717) is 42.7 Å². The molecule has 2 saturated heterocycles. The zero-order valence-electron chi connectivity index (χ0n) is 16.9. The summed E-state index contributed by atoms with van der Waals surface area (Å²) in [4.78, 5) is 35.4. The summed E-state index contributed by atoms with van der Waals surface area (Å²) in [6.07, 6.45) is 1.41. The Kier molecular flexibility index (Phi) is 5.65. The molecule has 0 saturated carbocycles. The number of piperazine rings is 1. The van der Waals surface area contributed by atoms with Crippen LogP contribution >= 0.6 is 22.9 Å². The van der Waals surface area contributed by atoms with E-state index < -0.39 is 0 Å². The molecule has 0 bridgehead atoms. The first-order chi connectivity index (χ1) is 15.1. The molecule has 6 nitrogen and oxygen atoms in total. The maximum Gasteiger partial charge on any atom is 0.254 e. The van der Waals surface area contributed by atoms with Crippen LogP contribution in [0, 0.1) is 0 Å². The number of rotatable bonds is 3. The predicted molar refractivity (Wildman–Crippen MR) is 122 cm³/mol. The quantitative estimate of drug-likeness (QED) is 0.597. The van der Waals surface area contributed by atoms with Gasteiger partial charge in [-0.1, -0.05) is 29.8 Å². The summed E-state index contributed by atoms with van der Waals surface area (Å²) in [5, 5.41) is 0.830. The van der Waals surface area contributed by atoms with Crippen LogP contribution in [0.3, 0.4) is 0 Å². The number of para-hydroxylation sites is 1. The van der Waals surface area contributed by atoms with Crippen LogP contribution in [0.25, 0.3) is 21.5 Å². The Morgan fingerprint density at radius 1 is 1.06 bits per heavy atom. The van der Waals surface area contributed by atoms with Gasteiger partial charge < -0.3 is 14.5 Å². The van der Waals surface area contributed by atoms with E-state index in [4.69, 9.17) is 21.3 Å². The molecule has 0 aliphatic carbocycles. The lowest BCUT2D eigenvalue weighted by Gasteiger charge is -2.36. The van der Waals surface area contributed by atoms with Crippen molar-refractivity contribution in [3.8, 4) is 10.6 Å². The smallest absolute Gasteiger partial charge is 0.254 e. The Balaban J connectivity index is 1.39. The topological polar surface area (TPSA) is 62.7 Å². The molecule has 2 aliphatic heterocycles. The van der Waals surface area contributed by atoms with Crippen LogP contribution in [0.15, 0.2) is 42.5 Å². The van der Waals surface area contributed by atoms with Gasteiger partial charge in [-0.25, -0.2) is 4.98 Å². The monoisotopic (exact) mass is 455 g/mol. The number of hydrogen-bond acceptors (Lipinski definition) is 5. The zero-order valence-corrected chi connectivity index (χ0v) is 18.5. The maximum absolute atomic E-state index is 13.5. The van der Waals surface area contributed by atoms with Crippen LogP contribution in [0.5, 0.6) is 0 Å². The third-order valence-corrected chi connectivity index (χ3v) is 7.11. The molecule has 2 fully saturated rings. The molecule has 1 unspecified atom stereocenters. The SMILES string of the molecule is O=C(c1cc(-c2ccc(Cl)s2)nc2ccccc12)N1CCN(C(=O)C2CCCO2)CC1. The first-order valence-electron chi connectivity index (χ1n) is 10.5. The first kappa shape index (κ1) is 20.4. The number of nitrogens with zero attached hydrogens (tertiary/aromatic N) is 3. The molecule has 1 aromatic carbocycles. The lowest BCUT2D eigenvalue weighted by molar-refractivity contribution is -0.142. The Morgan fingerprint density at radius 2 is 1.84 bits per heavy atom. The largest absolute Gasteiger partial charge is 0.368 e. The van der Waals surface area contributed by atoms with E-state index in [-0.39, 0.29) is 17.9 Å². The standard InChI is InChI=1S/C23H22ClN3O3S/c24-21-8-7-20(31-21)18-14-16(15-4-1-2-5-17(15)25-18)22(28)26-9-11-27(12-10-26)23(29)19-6-3-13-30-19/h1-2,4-5,7-8,14,19H,3,6,9-13H2. The molecule has 0 radical (unpaired) electrons. The van der Waals surface area contributed by atoms with E-state index in [0.717, 1.165) is 34.3 Å². The number of pyridine rings is 1. The predicted octanol–water partition coefficient (Wildman–Crippen LogP) is 4.08. The molecule has 2 amide bonds. The van der Waals surface area contributed by atoms with Gasteiger partial charge in [0, 0.05) is 38.2 Å². The summed E-state index contributed by atoms with van der Waals surface area (Å²) in [7, 11) is 0. The normalized spacial score (nSPS) is 19.2. The number of ether oxygens (including phenoxy) is 1. The lowest BCUT2D eigenvalue weighted by Crippen LogP contribution is -2.52. The van der Waals surface area contributed by atoms with Gasteiger partial charge in [0.2, 0.25) is 0 Å². The van der Waals surface area contributed by atoms with Gasteiger partial charge in [-0.3, -0.25) is 9.59 Å². The van der Waals surface area contributed by atoms with Gasteiger partial charge in [0.25, 0.3) is 11.8 Å². The number of hydrogen-bond donors (Lipinski definition) is 0. The van der Waals surface area contributed by atoms with Gasteiger partial charge in [0.15, 0.2) is 0 Å². The first-order valence-corrected chi connectivity index (χ1v) is 11.6. The van der Waals surface area contributed by atoms with E-state index in [9.17, 15) is 9.59 Å². The second-order valence-electron chi connectivity index (χ2n) is 7.80. The Morgan fingerprint density at radius 3 is 2.55 bits per heavy atom. The highest BCUT2D eigenvalue weighted by Crippen LogP contribution is 2.32. The van der Waals surface area contributed by atoms with E-state index in [1.54, 1.807) is 0 Å². The van der Waals surface area contributed by atoms with Crippen LogP contribution in [0.1, 0.15) is 23.2 Å². The van der Waals surface area contributed by atoms with Gasteiger partial charge >= 0.3 is 0 Å². The fourth-order valence-electron chi connectivity index (χ4n) is 4.21. The van der Waals surface area contributed by atoms with E-state index >= 15 is 0 Å². The molecule has 8 heteroatoms. The Labute approximate surface area is 189 Å². The molecule has 4 heterocycles. The summed E-state index contributed by atoms with van der Waals surface area (Å²) in [5.41, 5.74) is 2.15. The van der Waals surface area contributed by atoms with Gasteiger partial charge in [0.05, 0.1) is 26.0 Å². The van der Waals surface area contributed by atoms with E-state index in [2.05, 4.69) is 0 Å². The van der Waals surface area contributed by atoms with Gasteiger partial charge in [-0.05, 0) is 37.1 Å². The summed E-state index contributed by atoms with van der Waals surface area (Å²) in [6, 6.07) is 13.3. The number of halogens is 1. The van der Waals surface area contributed by atoms with Crippen molar-refractivity contribution >= 4 is 45.7 Å². The van der Waals surface area contributed by atoms with Crippen molar-refractivity contribution < 1.29 is 14.3 Å². The molecular weight excluding hydrogens is 434 g/mol. The Hall–Kier alpha value is -2.48. The molecule has 5 rings (SSSR count). The molecule has 2 aromatic heterocycles. The van der Waals surface area contributed by atoms with Crippen molar-refractivity contribution in [3.63, 3.8) is 0 Å². The van der Waals surface area contributed by atoms with Crippen molar-refractivity contribution in [3.05, 3.63) is 52.4 Å². The maximum atomic E-state index is 13.5. The van der Waals surface area contributed by atoms with E-state index in [1.165, 1.54) is 11.3 Å². The minimum absolute atomic E-state index is 0.0354. The third kappa shape index (κ3) is 4.05. The van der Waals surface area contributed by atoms with Crippen LogP contribution in [-0.4, -0.2) is 65.5 Å². The number of aromatic nitrogens is 1. The Bertz CT molecular complexity index is 1130. The molecule has 0 N–H and O–H groups in total. The second-order valence-corrected chi connectivity index (χ2v) is 9.51. The highest BCUT2D eigenvalue weighted by atomic mass is 35.5. The molecule has 1 atom stereocenters. The van der Waals surface area contributed by atoms with Crippen molar-refractivity contribution in [2.45, 2.75) is 18.9 Å². The number of carbonyl (C=O) groups is 2. The highest BCUT2D eigenvalue weighted by Gasteiger charge is 2.32. The van der Waals surface area contributed by atoms with Crippen LogP contribution in [-0.2, 0) is 9.53 Å². The molecular formula is C23H22ClN3O3S. The fraction of sp³-hybridized carbons (Fsp3) is 0.348. The highest BCUT2D eigenvalue weighted by molar-refractivity contribution is 7.19. The summed E-state index contributed by atoms with van der Waals surface area (Å²) >= 11 is 7.56. The van der Waals surface area contributed by atoms with E-state index in [1.807, 2.05) is 52.3 Å². The summed E-state index contributed by atoms with van der Waals surface area (Å²) in [5.74, 6) is 0.0162. The van der Waals surface area contributed by atoms with Crippen LogP contribution in [0.2, 0.25) is 4.34 Å². The second kappa shape index (κ2) is 8.57. The van der Waals surface area contributed by atoms with Gasteiger partial charge in [-0.15, -0.1) is 11.3 Å². The number of fused-ring (bicyclic) bond motifs is 1. The molecule has 31 heavy (non-hydrogen) atoms. The van der Waals surface area contributed by atoms with Gasteiger partial charge in [-0.2, -0.15) is 0 Å². The molecule has 2 aliphatic rings. The number of benzene rings is 1. The third-order valence-electron chi connectivity index (χ3n) is 5.86. The minimum Gasteiger partial charge on any atom is -0.368 e. The van der Waals surface area contributed by atoms with Crippen molar-refractivity contribution in [2.24, 2.45) is 0 Å². The summed E-state index contributed by atoms with van der Waals surface area (Å²) in [6.45, 7) is 2.73. The molecule has 0 spiro atoms. The van der Waals surface area contributed by atoms with Crippen LogP contribution < -0.4 is 0 Å². The molecule has 3 aromatic rings. The minimum atomic E-state index is -0.313. The average molecular weight is 456 g/mol. The lowest BCUT2D eigenvalue weighted by atomic mass is 10.1. The van der Waals surface area contributed by atoms with Crippen molar-refractivity contribution in [1.29, 1.82) is 0 Å². The zero-order chi connectivity index (χ0) is 21.4. The van der Waals surface area contributed by atoms with Crippen LogP contribution in [0.4, 0.5) is 0 Å². The number of carbonyl (C=O) groups excluding carboxylic acids is 2. The average Bonchev–Trinajstić information content (AvgIpc) is 3.50. The van der Waals surface area contributed by atoms with Crippen molar-refractivity contribution in [1.82, 2.24) is 14.8 Å². The molecule has 160 valence electrons. The number of thiophene rings is 1. The van der Waals surface area contributed by atoms with Crippen molar-refractivity contribution in [2.75, 3.05) is 32.8 Å². The number of amides is 2.